The molecular formula is C44H52N4O11. The first-order valence-electron chi connectivity index (χ1n) is 19.4. The number of carbonyl (C=O) groups excluding carboxylic acids is 6. The highest BCUT2D eigenvalue weighted by Gasteiger charge is 2.29. The van der Waals surface area contributed by atoms with Crippen LogP contribution in [0.15, 0.2) is 55.1 Å². The molecule has 1 amide bonds. The fourth-order valence-electron chi connectivity index (χ4n) is 5.70. The molecule has 15 nitrogen and oxygen atoms in total. The number of nitrogens with one attached hydrogen (secondary N) is 2. The molecule has 1 saturated carbocycles. The number of nitrogens with zero attached hydrogens (tertiary/aromatic N) is 1. The molecule has 1 aliphatic carbocycles. The van der Waals surface area contributed by atoms with Crippen molar-refractivity contribution in [1.29, 1.82) is 5.41 Å². The van der Waals surface area contributed by atoms with Gasteiger partial charge in [0.2, 0.25) is 12.6 Å². The number of rotatable bonds is 20. The number of carbonyl (C=O) groups is 6. The van der Waals surface area contributed by atoms with Gasteiger partial charge in [-0.05, 0) is 76.8 Å². The second kappa shape index (κ2) is 20.6. The van der Waals surface area contributed by atoms with Crippen molar-refractivity contribution in [3.8, 4) is 11.1 Å². The molecule has 1 aromatic heterocycles. The number of amides is 1. The highest BCUT2D eigenvalue weighted by Crippen LogP contribution is 2.33. The fourth-order valence-corrected chi connectivity index (χ4v) is 5.70. The van der Waals surface area contributed by atoms with Crippen molar-refractivity contribution in [1.82, 2.24) is 10.3 Å². The van der Waals surface area contributed by atoms with Gasteiger partial charge in [-0.25, -0.2) is 9.78 Å². The van der Waals surface area contributed by atoms with Crippen LogP contribution in [0.2, 0.25) is 0 Å². The minimum absolute atomic E-state index is 0.0591. The van der Waals surface area contributed by atoms with Crippen LogP contribution in [-0.2, 0) is 46.4 Å². The largest absolute Gasteiger partial charge is 0.425 e. The highest BCUT2D eigenvalue weighted by atomic mass is 16.7. The first-order valence-corrected chi connectivity index (χ1v) is 19.4. The van der Waals surface area contributed by atoms with E-state index in [4.69, 9.17) is 30.1 Å². The van der Waals surface area contributed by atoms with Crippen molar-refractivity contribution >= 4 is 47.4 Å². The molecule has 0 bridgehead atoms. The van der Waals surface area contributed by atoms with E-state index in [0.717, 1.165) is 12.8 Å². The fraction of sp³-hybridized carbons (Fsp3) is 0.409. The van der Waals surface area contributed by atoms with Crippen LogP contribution in [0.4, 0.5) is 0 Å². The van der Waals surface area contributed by atoms with Gasteiger partial charge in [0.25, 0.3) is 5.91 Å². The van der Waals surface area contributed by atoms with Gasteiger partial charge in [-0.15, -0.1) is 0 Å². The quantitative estimate of drug-likeness (QED) is 0.0490. The summed E-state index contributed by atoms with van der Waals surface area (Å²) in [4.78, 5) is 82.3. The topological polar surface area (TPSA) is 234 Å². The summed E-state index contributed by atoms with van der Waals surface area (Å²) in [6, 6.07) is 11.4. The van der Waals surface area contributed by atoms with Gasteiger partial charge in [0, 0.05) is 43.7 Å². The van der Waals surface area contributed by atoms with E-state index in [9.17, 15) is 33.9 Å². The molecule has 1 heterocycles. The van der Waals surface area contributed by atoms with Crippen molar-refractivity contribution in [2.24, 2.45) is 23.5 Å². The first kappa shape index (κ1) is 45.6. The second-order valence-corrected chi connectivity index (χ2v) is 15.0. The van der Waals surface area contributed by atoms with Crippen molar-refractivity contribution in [2.45, 2.75) is 92.5 Å². The molecule has 15 heteroatoms. The van der Waals surface area contributed by atoms with Crippen molar-refractivity contribution in [3.63, 3.8) is 0 Å². The number of esters is 4. The van der Waals surface area contributed by atoms with Crippen LogP contribution in [0.3, 0.4) is 0 Å². The number of hydrogen-bond donors (Lipinski definition) is 4. The van der Waals surface area contributed by atoms with Crippen molar-refractivity contribution in [3.05, 3.63) is 94.3 Å². The monoisotopic (exact) mass is 812 g/mol. The van der Waals surface area contributed by atoms with Crippen LogP contribution in [-0.4, -0.2) is 76.5 Å². The highest BCUT2D eigenvalue weighted by molar-refractivity contribution is 6.09. The molecule has 3 atom stereocenters. The number of aliphatic hydroxyl groups is 1. The van der Waals surface area contributed by atoms with Gasteiger partial charge in [-0.2, -0.15) is 0 Å². The third kappa shape index (κ3) is 12.7. The van der Waals surface area contributed by atoms with Gasteiger partial charge in [-0.1, -0.05) is 64.6 Å². The number of nitrogens with two attached hydrogens (primary N) is 1. The van der Waals surface area contributed by atoms with Gasteiger partial charge in [0.05, 0.1) is 18.9 Å². The molecule has 1 fully saturated rings. The first-order chi connectivity index (χ1) is 27.9. The average Bonchev–Trinajstić information content (AvgIpc) is 4.03. The maximum Gasteiger partial charge on any atom is 0.360 e. The molecule has 3 aromatic rings. The molecule has 5 N–H and O–H groups in total. The molecule has 0 radical (unpaired) electrons. The van der Waals surface area contributed by atoms with Gasteiger partial charge in [0.15, 0.2) is 11.5 Å². The minimum Gasteiger partial charge on any atom is -0.425 e. The minimum atomic E-state index is -1.40. The van der Waals surface area contributed by atoms with E-state index in [1.165, 1.54) is 44.2 Å². The molecule has 4 rings (SSSR count). The van der Waals surface area contributed by atoms with Gasteiger partial charge >= 0.3 is 23.9 Å². The zero-order valence-electron chi connectivity index (χ0n) is 34.2. The average molecular weight is 813 g/mol. The summed E-state index contributed by atoms with van der Waals surface area (Å²) in [6.45, 7) is 13.3. The molecule has 1 aliphatic rings. The Balaban J connectivity index is 1.64. The summed E-state index contributed by atoms with van der Waals surface area (Å²) in [5, 5.41) is 21.5. The van der Waals surface area contributed by atoms with E-state index in [1.807, 2.05) is 0 Å². The molecule has 0 saturated heterocycles. The molecular weight excluding hydrogens is 761 g/mol. The standard InChI is InChI=1S/C44H52N4O11/c1-8-29-18-34(37(50)17-27-11-13-30(14-12-27)35(45)20-38(51)56-25(6)57-42(53)24(4)5)33(19-31(29)22-49)32-15-16-36(41(52)47-21-28-9-10-28)48-40(32)44(55)59-26(7)58-43(54)39(46)23(2)3/h8,11-16,18-19,23-26,28,39,45,49H,1,9-10,17,20-22,46H2,2-7H3,(H,47,52)/t25?,26?,39-/m0/s1. The summed E-state index contributed by atoms with van der Waals surface area (Å²) in [5.74, 6) is -4.34. The van der Waals surface area contributed by atoms with Crippen molar-refractivity contribution in [2.75, 3.05) is 6.54 Å². The second-order valence-electron chi connectivity index (χ2n) is 15.0. The third-order valence-corrected chi connectivity index (χ3v) is 9.41. The smallest absolute Gasteiger partial charge is 0.360 e. The van der Waals surface area contributed by atoms with Crippen LogP contribution in [0, 0.1) is 23.2 Å². The Hall–Kier alpha value is -6.06. The number of aromatic nitrogens is 1. The van der Waals surface area contributed by atoms with E-state index in [-0.39, 0.29) is 52.5 Å². The van der Waals surface area contributed by atoms with E-state index >= 15 is 0 Å². The number of benzene rings is 2. The van der Waals surface area contributed by atoms with E-state index < -0.39 is 66.7 Å². The Morgan fingerprint density at radius 2 is 1.54 bits per heavy atom. The Kier molecular flexibility index (Phi) is 15.9. The Bertz CT molecular complexity index is 2090. The molecule has 2 unspecified atom stereocenters. The number of pyridine rings is 1. The predicted octanol–water partition coefficient (Wildman–Crippen LogP) is 5.32. The molecule has 2 aromatic carbocycles. The van der Waals surface area contributed by atoms with Crippen LogP contribution in [0.5, 0.6) is 0 Å². The summed E-state index contributed by atoms with van der Waals surface area (Å²) in [5.41, 5.74) is 7.64. The Morgan fingerprint density at radius 1 is 0.898 bits per heavy atom. The van der Waals surface area contributed by atoms with Gasteiger partial charge < -0.3 is 40.5 Å². The number of hydrogen-bond acceptors (Lipinski definition) is 14. The lowest BCUT2D eigenvalue weighted by Gasteiger charge is -2.20. The van der Waals surface area contributed by atoms with E-state index in [1.54, 1.807) is 52.0 Å². The number of Topliss-reactive ketones (excluding diaryl/α,β-unsaturated/α-hetero) is 1. The summed E-state index contributed by atoms with van der Waals surface area (Å²) < 4.78 is 20.9. The summed E-state index contributed by atoms with van der Waals surface area (Å²) in [7, 11) is 0. The zero-order valence-corrected chi connectivity index (χ0v) is 34.2. The lowest BCUT2D eigenvalue weighted by Crippen LogP contribution is -2.39. The SMILES string of the molecule is C=Cc1cc(C(=O)Cc2ccc(C(=N)CC(=O)OC(C)OC(=O)C(C)C)cc2)c(-c2ccc(C(=O)NCC3CC3)nc2C(=O)OC(C)OC(=O)[C@@H](N)C(C)C)cc1CO. The third-order valence-electron chi connectivity index (χ3n) is 9.41. The number of ether oxygens (including phenoxy) is 4. The predicted molar refractivity (Wildman–Crippen MR) is 217 cm³/mol. The van der Waals surface area contributed by atoms with Crippen LogP contribution in [0.25, 0.3) is 17.2 Å². The van der Waals surface area contributed by atoms with Crippen LogP contribution < -0.4 is 11.1 Å². The lowest BCUT2D eigenvalue weighted by molar-refractivity contribution is -0.186. The zero-order chi connectivity index (χ0) is 43.6. The maximum absolute atomic E-state index is 14.2. The van der Waals surface area contributed by atoms with Crippen LogP contribution >= 0.6 is 0 Å². The van der Waals surface area contributed by atoms with Gasteiger partial charge in [-0.3, -0.25) is 24.0 Å². The number of ketones is 1. The molecule has 0 spiro atoms. The van der Waals surface area contributed by atoms with E-state index in [0.29, 0.717) is 34.7 Å². The molecule has 0 aliphatic heterocycles. The van der Waals surface area contributed by atoms with Crippen LogP contribution in [0.1, 0.15) is 114 Å². The van der Waals surface area contributed by atoms with E-state index in [2.05, 4.69) is 16.9 Å². The summed E-state index contributed by atoms with van der Waals surface area (Å²) >= 11 is 0. The van der Waals surface area contributed by atoms with Gasteiger partial charge in [0.1, 0.15) is 11.7 Å². The van der Waals surface area contributed by atoms with Crippen molar-refractivity contribution < 1.29 is 52.8 Å². The normalized spacial score (nSPS) is 13.8. The Morgan fingerprint density at radius 3 is 2.14 bits per heavy atom. The Labute approximate surface area is 343 Å². The lowest BCUT2D eigenvalue weighted by atomic mass is 9.89. The number of aliphatic hydroxyl groups excluding tert-OH is 1. The maximum atomic E-state index is 14.2. The molecule has 59 heavy (non-hydrogen) atoms. The molecule has 314 valence electrons. The summed E-state index contributed by atoms with van der Waals surface area (Å²) in [6.07, 6.45) is 0.418.